The van der Waals surface area contributed by atoms with Crippen molar-refractivity contribution >= 4 is 11.6 Å². The van der Waals surface area contributed by atoms with Gasteiger partial charge in [0.1, 0.15) is 5.69 Å². The van der Waals surface area contributed by atoms with Crippen molar-refractivity contribution < 1.29 is 4.79 Å². The largest absolute Gasteiger partial charge is 0.397 e. The summed E-state index contributed by atoms with van der Waals surface area (Å²) in [5, 5.41) is 0. The Kier molecular flexibility index (Phi) is 4.23. The average molecular weight is 257 g/mol. The summed E-state index contributed by atoms with van der Waals surface area (Å²) in [4.78, 5) is 17.1. The van der Waals surface area contributed by atoms with Gasteiger partial charge < -0.3 is 15.6 Å². The Balaban J connectivity index is 2.13. The van der Waals surface area contributed by atoms with Crippen LogP contribution in [0.25, 0.3) is 0 Å². The highest BCUT2D eigenvalue weighted by Gasteiger charge is 2.16. The third-order valence-electron chi connectivity index (χ3n) is 2.93. The highest BCUT2D eigenvalue weighted by atomic mass is 16.2. The predicted octanol–water partition coefficient (Wildman–Crippen LogP) is 2.65. The zero-order chi connectivity index (χ0) is 13.7. The van der Waals surface area contributed by atoms with Crippen molar-refractivity contribution in [3.63, 3.8) is 0 Å². The van der Waals surface area contributed by atoms with Crippen LogP contribution in [0.15, 0.2) is 42.6 Å². The standard InChI is InChI=1S/C15H19N3O/c1-2-8-18(11-12-6-4-3-5-7-12)15(19)14-9-13(16)10-17-14/h3-7,9-10,17H,2,8,11,16H2,1H3. The molecule has 4 heteroatoms. The van der Waals surface area contributed by atoms with Crippen LogP contribution >= 0.6 is 0 Å². The van der Waals surface area contributed by atoms with E-state index < -0.39 is 0 Å². The molecule has 1 aromatic carbocycles. The number of nitrogens with one attached hydrogen (secondary N) is 1. The maximum absolute atomic E-state index is 12.4. The number of amides is 1. The lowest BCUT2D eigenvalue weighted by molar-refractivity contribution is 0.0738. The van der Waals surface area contributed by atoms with E-state index in [1.807, 2.05) is 35.2 Å². The molecule has 19 heavy (non-hydrogen) atoms. The van der Waals surface area contributed by atoms with Gasteiger partial charge in [-0.2, -0.15) is 0 Å². The molecule has 0 saturated heterocycles. The normalized spacial score (nSPS) is 10.4. The Bertz CT molecular complexity index is 533. The molecule has 2 rings (SSSR count). The van der Waals surface area contributed by atoms with E-state index in [4.69, 9.17) is 5.73 Å². The van der Waals surface area contributed by atoms with Crippen molar-refractivity contribution in [3.8, 4) is 0 Å². The number of carbonyl (C=O) groups is 1. The van der Waals surface area contributed by atoms with Crippen LogP contribution in [0.1, 0.15) is 29.4 Å². The average Bonchev–Trinajstić information content (AvgIpc) is 2.85. The van der Waals surface area contributed by atoms with Crippen LogP contribution in [0, 0.1) is 0 Å². The van der Waals surface area contributed by atoms with E-state index in [1.165, 1.54) is 0 Å². The quantitative estimate of drug-likeness (QED) is 0.865. The molecule has 1 aromatic heterocycles. The molecular formula is C15H19N3O. The third kappa shape index (κ3) is 3.37. The first-order valence-corrected chi connectivity index (χ1v) is 6.47. The molecule has 2 aromatic rings. The Morgan fingerprint density at radius 3 is 2.63 bits per heavy atom. The van der Waals surface area contributed by atoms with E-state index in [9.17, 15) is 4.79 Å². The Hall–Kier alpha value is -2.23. The molecule has 0 spiro atoms. The molecule has 0 aliphatic heterocycles. The van der Waals surface area contributed by atoms with Crippen LogP contribution in [0.2, 0.25) is 0 Å². The van der Waals surface area contributed by atoms with Gasteiger partial charge in [0.05, 0.1) is 0 Å². The number of benzene rings is 1. The van der Waals surface area contributed by atoms with Gasteiger partial charge in [0.2, 0.25) is 0 Å². The van der Waals surface area contributed by atoms with Crippen LogP contribution in [-0.4, -0.2) is 22.3 Å². The lowest BCUT2D eigenvalue weighted by Crippen LogP contribution is -2.31. The third-order valence-corrected chi connectivity index (χ3v) is 2.93. The van der Waals surface area contributed by atoms with Gasteiger partial charge in [-0.3, -0.25) is 4.79 Å². The monoisotopic (exact) mass is 257 g/mol. The summed E-state index contributed by atoms with van der Waals surface area (Å²) in [6.07, 6.45) is 2.56. The number of aromatic amines is 1. The minimum Gasteiger partial charge on any atom is -0.397 e. The summed E-state index contributed by atoms with van der Waals surface area (Å²) in [5.41, 5.74) is 7.90. The number of nitrogens with two attached hydrogens (primary N) is 1. The smallest absolute Gasteiger partial charge is 0.270 e. The predicted molar refractivity (Wildman–Crippen MR) is 76.7 cm³/mol. The molecule has 0 aliphatic carbocycles. The van der Waals surface area contributed by atoms with Gasteiger partial charge >= 0.3 is 0 Å². The second-order valence-electron chi connectivity index (χ2n) is 4.56. The lowest BCUT2D eigenvalue weighted by atomic mass is 10.2. The zero-order valence-corrected chi connectivity index (χ0v) is 11.1. The summed E-state index contributed by atoms with van der Waals surface area (Å²) in [6.45, 7) is 3.41. The van der Waals surface area contributed by atoms with Crippen LogP contribution < -0.4 is 5.73 Å². The van der Waals surface area contributed by atoms with Crippen molar-refractivity contribution in [2.45, 2.75) is 19.9 Å². The van der Waals surface area contributed by atoms with Crippen molar-refractivity contribution in [1.82, 2.24) is 9.88 Å². The Morgan fingerprint density at radius 2 is 2.05 bits per heavy atom. The molecule has 100 valence electrons. The molecular weight excluding hydrogens is 238 g/mol. The molecule has 3 N–H and O–H groups in total. The number of nitrogens with zero attached hydrogens (tertiary/aromatic N) is 1. The van der Waals surface area contributed by atoms with Crippen molar-refractivity contribution in [1.29, 1.82) is 0 Å². The molecule has 0 radical (unpaired) electrons. The molecule has 1 heterocycles. The van der Waals surface area contributed by atoms with Gasteiger partial charge in [0.15, 0.2) is 0 Å². The number of anilines is 1. The molecule has 0 saturated carbocycles. The van der Waals surface area contributed by atoms with Crippen LogP contribution in [0.5, 0.6) is 0 Å². The summed E-state index contributed by atoms with van der Waals surface area (Å²) < 4.78 is 0. The molecule has 0 fully saturated rings. The van der Waals surface area contributed by atoms with Gasteiger partial charge in [-0.1, -0.05) is 37.3 Å². The fourth-order valence-corrected chi connectivity index (χ4v) is 2.03. The number of hydrogen-bond donors (Lipinski definition) is 2. The first kappa shape index (κ1) is 13.2. The van der Waals surface area contributed by atoms with Gasteiger partial charge in [-0.05, 0) is 18.1 Å². The first-order valence-electron chi connectivity index (χ1n) is 6.47. The minimum absolute atomic E-state index is 0.0117. The molecule has 0 atom stereocenters. The van der Waals surface area contributed by atoms with Gasteiger partial charge in [-0.25, -0.2) is 0 Å². The topological polar surface area (TPSA) is 62.1 Å². The second kappa shape index (κ2) is 6.09. The molecule has 0 unspecified atom stereocenters. The summed E-state index contributed by atoms with van der Waals surface area (Å²) >= 11 is 0. The minimum atomic E-state index is -0.0117. The van der Waals surface area contributed by atoms with E-state index in [1.54, 1.807) is 12.3 Å². The number of rotatable bonds is 5. The first-order chi connectivity index (χ1) is 9.20. The molecule has 1 amide bonds. The van der Waals surface area contributed by atoms with Crippen LogP contribution in [0.4, 0.5) is 5.69 Å². The summed E-state index contributed by atoms with van der Waals surface area (Å²) in [6, 6.07) is 11.7. The SMILES string of the molecule is CCCN(Cc1ccccc1)C(=O)c1cc(N)c[nH]1. The highest BCUT2D eigenvalue weighted by Crippen LogP contribution is 2.12. The summed E-state index contributed by atoms with van der Waals surface area (Å²) in [5.74, 6) is -0.0117. The molecule has 4 nitrogen and oxygen atoms in total. The fourth-order valence-electron chi connectivity index (χ4n) is 2.03. The van der Waals surface area contributed by atoms with E-state index in [-0.39, 0.29) is 5.91 Å². The Morgan fingerprint density at radius 1 is 1.32 bits per heavy atom. The van der Waals surface area contributed by atoms with Gasteiger partial charge in [-0.15, -0.1) is 0 Å². The van der Waals surface area contributed by atoms with E-state index in [0.717, 1.165) is 18.5 Å². The number of aromatic nitrogens is 1. The van der Waals surface area contributed by atoms with Crippen molar-refractivity contribution in [2.24, 2.45) is 0 Å². The van der Waals surface area contributed by atoms with E-state index in [0.29, 0.717) is 17.9 Å². The van der Waals surface area contributed by atoms with Gasteiger partial charge in [0, 0.05) is 25.0 Å². The van der Waals surface area contributed by atoms with Crippen molar-refractivity contribution in [3.05, 3.63) is 53.9 Å². The molecule has 0 bridgehead atoms. The zero-order valence-electron chi connectivity index (χ0n) is 11.1. The van der Waals surface area contributed by atoms with Crippen LogP contribution in [0.3, 0.4) is 0 Å². The number of carbonyl (C=O) groups excluding carboxylic acids is 1. The highest BCUT2D eigenvalue weighted by molar-refractivity contribution is 5.93. The van der Waals surface area contributed by atoms with E-state index in [2.05, 4.69) is 11.9 Å². The number of hydrogen-bond acceptors (Lipinski definition) is 2. The number of H-pyrrole nitrogens is 1. The maximum Gasteiger partial charge on any atom is 0.270 e. The van der Waals surface area contributed by atoms with Crippen molar-refractivity contribution in [2.75, 3.05) is 12.3 Å². The molecule has 0 aliphatic rings. The summed E-state index contributed by atoms with van der Waals surface area (Å²) in [7, 11) is 0. The van der Waals surface area contributed by atoms with E-state index >= 15 is 0 Å². The lowest BCUT2D eigenvalue weighted by Gasteiger charge is -2.21. The van der Waals surface area contributed by atoms with Gasteiger partial charge in [0.25, 0.3) is 5.91 Å². The fraction of sp³-hybridized carbons (Fsp3) is 0.267. The maximum atomic E-state index is 12.4. The second-order valence-corrected chi connectivity index (χ2v) is 4.56. The van der Waals surface area contributed by atoms with Crippen LogP contribution in [-0.2, 0) is 6.54 Å². The number of nitrogen functional groups attached to an aromatic ring is 1. The Labute approximate surface area is 113 Å².